The number of nitrogens with two attached hydrogens (primary N) is 1. The smallest absolute Gasteiger partial charge is 0.387 e. The van der Waals surface area contributed by atoms with Gasteiger partial charge in [-0.15, -0.1) is 0 Å². The molecule has 2 rings (SSSR count). The molecule has 0 aliphatic heterocycles. The Bertz CT molecular complexity index is 517. The van der Waals surface area contributed by atoms with Crippen LogP contribution < -0.4 is 15.8 Å². The molecule has 0 bridgehead atoms. The molecular formula is C12H11F2N3O. The van der Waals surface area contributed by atoms with Gasteiger partial charge in [0.2, 0.25) is 0 Å². The number of aromatic nitrogens is 1. The molecule has 0 radical (unpaired) electrons. The van der Waals surface area contributed by atoms with Gasteiger partial charge in [0.15, 0.2) is 0 Å². The van der Waals surface area contributed by atoms with E-state index >= 15 is 0 Å². The fourth-order valence-electron chi connectivity index (χ4n) is 1.41. The molecule has 0 fully saturated rings. The Morgan fingerprint density at radius 1 is 1.11 bits per heavy atom. The molecule has 0 aliphatic carbocycles. The minimum absolute atomic E-state index is 0.116. The van der Waals surface area contributed by atoms with Gasteiger partial charge in [-0.2, -0.15) is 8.78 Å². The maximum atomic E-state index is 12.0. The molecule has 0 unspecified atom stereocenters. The van der Waals surface area contributed by atoms with Crippen LogP contribution in [0.2, 0.25) is 0 Å². The number of nitrogen functional groups attached to an aromatic ring is 1. The minimum atomic E-state index is -2.82. The zero-order valence-electron chi connectivity index (χ0n) is 9.31. The number of anilines is 3. The van der Waals surface area contributed by atoms with E-state index in [-0.39, 0.29) is 5.75 Å². The highest BCUT2D eigenvalue weighted by Crippen LogP contribution is 2.21. The average molecular weight is 251 g/mol. The average Bonchev–Trinajstić information content (AvgIpc) is 2.31. The summed E-state index contributed by atoms with van der Waals surface area (Å²) in [6, 6.07) is 9.60. The van der Waals surface area contributed by atoms with Crippen molar-refractivity contribution in [3.8, 4) is 5.75 Å². The Balaban J connectivity index is 2.06. The number of pyridine rings is 1. The van der Waals surface area contributed by atoms with Gasteiger partial charge in [-0.3, -0.25) is 0 Å². The van der Waals surface area contributed by atoms with Crippen LogP contribution >= 0.6 is 0 Å². The van der Waals surface area contributed by atoms with Gasteiger partial charge in [0.1, 0.15) is 11.6 Å². The summed E-state index contributed by atoms with van der Waals surface area (Å²) in [5.74, 6) is 0.516. The number of benzene rings is 1. The first kappa shape index (κ1) is 12.1. The molecule has 0 aliphatic rings. The molecule has 0 spiro atoms. The van der Waals surface area contributed by atoms with Crippen molar-refractivity contribution in [1.29, 1.82) is 0 Å². The summed E-state index contributed by atoms with van der Waals surface area (Å²) < 4.78 is 28.2. The number of halogens is 2. The normalized spacial score (nSPS) is 10.4. The number of alkyl halides is 2. The Hall–Kier alpha value is -2.37. The van der Waals surface area contributed by atoms with Crippen LogP contribution in [0.4, 0.5) is 26.0 Å². The molecule has 3 N–H and O–H groups in total. The van der Waals surface area contributed by atoms with E-state index in [1.54, 1.807) is 30.5 Å². The molecule has 1 heterocycles. The summed E-state index contributed by atoms with van der Waals surface area (Å²) in [5.41, 5.74) is 7.04. The zero-order chi connectivity index (χ0) is 13.0. The summed E-state index contributed by atoms with van der Waals surface area (Å²) in [5, 5.41) is 3.06. The second-order valence-electron chi connectivity index (χ2n) is 3.50. The van der Waals surface area contributed by atoms with Crippen LogP contribution in [0, 0.1) is 0 Å². The van der Waals surface area contributed by atoms with E-state index in [9.17, 15) is 8.78 Å². The second-order valence-corrected chi connectivity index (χ2v) is 3.50. The van der Waals surface area contributed by atoms with Crippen LogP contribution in [0.1, 0.15) is 0 Å². The highest BCUT2D eigenvalue weighted by molar-refractivity contribution is 5.62. The molecule has 1 aromatic heterocycles. The van der Waals surface area contributed by atoms with Gasteiger partial charge in [-0.25, -0.2) is 4.98 Å². The van der Waals surface area contributed by atoms with Crippen LogP contribution in [0.25, 0.3) is 0 Å². The first-order valence-electron chi connectivity index (χ1n) is 5.17. The van der Waals surface area contributed by atoms with Gasteiger partial charge in [-0.05, 0) is 30.3 Å². The maximum absolute atomic E-state index is 12.0. The summed E-state index contributed by atoms with van der Waals surface area (Å²) >= 11 is 0. The van der Waals surface area contributed by atoms with E-state index in [1.165, 1.54) is 12.1 Å². The predicted molar refractivity (Wildman–Crippen MR) is 65.0 cm³/mol. The number of hydrogen-bond acceptors (Lipinski definition) is 4. The standard InChI is InChI=1S/C12H11F2N3O/c13-12(14)18-10-3-1-8(2-4-10)17-9-5-6-16-11(15)7-9/h1-7,12H,(H3,15,16,17). The topological polar surface area (TPSA) is 60.2 Å². The monoisotopic (exact) mass is 251 g/mol. The van der Waals surface area contributed by atoms with Crippen molar-refractivity contribution in [3.05, 3.63) is 42.6 Å². The third kappa shape index (κ3) is 3.31. The van der Waals surface area contributed by atoms with Gasteiger partial charge in [0.25, 0.3) is 0 Å². The molecule has 0 amide bonds. The van der Waals surface area contributed by atoms with Crippen LogP contribution in [-0.2, 0) is 0 Å². The van der Waals surface area contributed by atoms with Gasteiger partial charge in [-0.1, -0.05) is 0 Å². The fraction of sp³-hybridized carbons (Fsp3) is 0.0833. The first-order valence-corrected chi connectivity index (χ1v) is 5.17. The van der Waals surface area contributed by atoms with Crippen LogP contribution in [-0.4, -0.2) is 11.6 Å². The molecule has 0 saturated carbocycles. The van der Waals surface area contributed by atoms with Gasteiger partial charge < -0.3 is 15.8 Å². The SMILES string of the molecule is Nc1cc(Nc2ccc(OC(F)F)cc2)ccn1. The number of nitrogens with one attached hydrogen (secondary N) is 1. The number of hydrogen-bond donors (Lipinski definition) is 2. The number of rotatable bonds is 4. The summed E-state index contributed by atoms with van der Waals surface area (Å²) in [6.45, 7) is -2.82. The van der Waals surface area contributed by atoms with Gasteiger partial charge in [0.05, 0.1) is 0 Å². The highest BCUT2D eigenvalue weighted by Gasteiger charge is 2.03. The lowest BCUT2D eigenvalue weighted by atomic mass is 10.3. The van der Waals surface area contributed by atoms with Gasteiger partial charge in [0, 0.05) is 23.6 Å². The number of ether oxygens (including phenoxy) is 1. The fourth-order valence-corrected chi connectivity index (χ4v) is 1.41. The molecule has 18 heavy (non-hydrogen) atoms. The lowest BCUT2D eigenvalue weighted by Crippen LogP contribution is -2.01. The van der Waals surface area contributed by atoms with E-state index < -0.39 is 6.61 Å². The van der Waals surface area contributed by atoms with E-state index in [2.05, 4.69) is 15.0 Å². The maximum Gasteiger partial charge on any atom is 0.387 e. The predicted octanol–water partition coefficient (Wildman–Crippen LogP) is 3.01. The molecule has 94 valence electrons. The third-order valence-electron chi connectivity index (χ3n) is 2.15. The molecule has 2 aromatic rings. The van der Waals surface area contributed by atoms with Crippen molar-refractivity contribution in [2.24, 2.45) is 0 Å². The molecule has 0 saturated heterocycles. The van der Waals surface area contributed by atoms with E-state index in [4.69, 9.17) is 5.73 Å². The van der Waals surface area contributed by atoms with E-state index in [0.717, 1.165) is 11.4 Å². The van der Waals surface area contributed by atoms with Crippen LogP contribution in [0.5, 0.6) is 5.75 Å². The Morgan fingerprint density at radius 2 is 1.83 bits per heavy atom. The highest BCUT2D eigenvalue weighted by atomic mass is 19.3. The quantitative estimate of drug-likeness (QED) is 0.876. The first-order chi connectivity index (χ1) is 8.63. The van der Waals surface area contributed by atoms with Crippen molar-refractivity contribution in [3.63, 3.8) is 0 Å². The van der Waals surface area contributed by atoms with Crippen molar-refractivity contribution in [2.75, 3.05) is 11.1 Å². The molecule has 0 atom stereocenters. The second kappa shape index (κ2) is 5.31. The van der Waals surface area contributed by atoms with Gasteiger partial charge >= 0.3 is 6.61 Å². The van der Waals surface area contributed by atoms with Crippen molar-refractivity contribution in [2.45, 2.75) is 6.61 Å². The molecular weight excluding hydrogens is 240 g/mol. The van der Waals surface area contributed by atoms with E-state index in [0.29, 0.717) is 5.82 Å². The Labute approximate surface area is 102 Å². The largest absolute Gasteiger partial charge is 0.435 e. The molecule has 1 aromatic carbocycles. The summed E-state index contributed by atoms with van der Waals surface area (Å²) in [4.78, 5) is 3.86. The van der Waals surface area contributed by atoms with Crippen LogP contribution in [0.15, 0.2) is 42.6 Å². The van der Waals surface area contributed by atoms with Crippen molar-refractivity contribution in [1.82, 2.24) is 4.98 Å². The zero-order valence-corrected chi connectivity index (χ0v) is 9.31. The third-order valence-corrected chi connectivity index (χ3v) is 2.15. The molecule has 6 heteroatoms. The summed E-state index contributed by atoms with van der Waals surface area (Å²) in [6.07, 6.45) is 1.58. The lowest BCUT2D eigenvalue weighted by molar-refractivity contribution is -0.0498. The van der Waals surface area contributed by atoms with Crippen molar-refractivity contribution >= 4 is 17.2 Å². The minimum Gasteiger partial charge on any atom is -0.435 e. The summed E-state index contributed by atoms with van der Waals surface area (Å²) in [7, 11) is 0. The lowest BCUT2D eigenvalue weighted by Gasteiger charge is -2.08. The Kier molecular flexibility index (Phi) is 3.57. The number of nitrogens with zero attached hydrogens (tertiary/aromatic N) is 1. The van der Waals surface area contributed by atoms with Crippen LogP contribution in [0.3, 0.4) is 0 Å². The Morgan fingerprint density at radius 3 is 2.44 bits per heavy atom. The van der Waals surface area contributed by atoms with Crippen molar-refractivity contribution < 1.29 is 13.5 Å². The van der Waals surface area contributed by atoms with E-state index in [1.807, 2.05) is 0 Å². The molecule has 4 nitrogen and oxygen atoms in total.